The third-order valence-corrected chi connectivity index (χ3v) is 6.33. The molecule has 0 amide bonds. The van der Waals surface area contributed by atoms with Crippen LogP contribution in [0.1, 0.15) is 17.2 Å². The van der Waals surface area contributed by atoms with Crippen LogP contribution in [-0.2, 0) is 9.84 Å². The fraction of sp³-hybridized carbons (Fsp3) is 0.294. The van der Waals surface area contributed by atoms with E-state index in [2.05, 4.69) is 0 Å². The number of hydrogen-bond donors (Lipinski definition) is 0. The third kappa shape index (κ3) is 3.09. The van der Waals surface area contributed by atoms with Crippen molar-refractivity contribution in [3.05, 3.63) is 53.1 Å². The quantitative estimate of drug-likeness (QED) is 0.841. The predicted molar refractivity (Wildman–Crippen MR) is 91.1 cm³/mol. The molecule has 1 aliphatic heterocycles. The van der Waals surface area contributed by atoms with Crippen LogP contribution in [0.4, 0.5) is 0 Å². The Labute approximate surface area is 141 Å². The molecule has 0 spiro atoms. The SMILES string of the molecule is CN(C)CCC1c2cc(Cl)ccc2Oc2ccccc2S1(=O)=O. The number of halogens is 1. The van der Waals surface area contributed by atoms with Crippen molar-refractivity contribution in [2.75, 3.05) is 20.6 Å². The van der Waals surface area contributed by atoms with Crippen molar-refractivity contribution in [1.29, 1.82) is 0 Å². The van der Waals surface area contributed by atoms with Crippen LogP contribution in [0.2, 0.25) is 5.02 Å². The van der Waals surface area contributed by atoms with Crippen LogP contribution in [0, 0.1) is 0 Å². The van der Waals surface area contributed by atoms with Gasteiger partial charge in [0, 0.05) is 10.6 Å². The lowest BCUT2D eigenvalue weighted by Crippen LogP contribution is -2.20. The molecule has 6 heteroatoms. The van der Waals surface area contributed by atoms with Gasteiger partial charge in [0.1, 0.15) is 16.4 Å². The number of sulfone groups is 1. The Morgan fingerprint density at radius 2 is 1.87 bits per heavy atom. The van der Waals surface area contributed by atoms with Gasteiger partial charge in [-0.3, -0.25) is 0 Å². The number of ether oxygens (including phenoxy) is 1. The maximum absolute atomic E-state index is 13.2. The zero-order chi connectivity index (χ0) is 16.6. The monoisotopic (exact) mass is 351 g/mol. The summed E-state index contributed by atoms with van der Waals surface area (Å²) in [7, 11) is 0.291. The van der Waals surface area contributed by atoms with Crippen LogP contribution in [0.5, 0.6) is 11.5 Å². The van der Waals surface area contributed by atoms with Gasteiger partial charge in [0.05, 0.1) is 5.25 Å². The lowest BCUT2D eigenvalue weighted by atomic mass is 10.1. The number of fused-ring (bicyclic) bond motifs is 2. The highest BCUT2D eigenvalue weighted by Gasteiger charge is 2.36. The number of rotatable bonds is 3. The van der Waals surface area contributed by atoms with E-state index in [9.17, 15) is 8.42 Å². The van der Waals surface area contributed by atoms with Crippen LogP contribution < -0.4 is 4.74 Å². The number of para-hydroxylation sites is 1. The number of hydrogen-bond acceptors (Lipinski definition) is 4. The summed E-state index contributed by atoms with van der Waals surface area (Å²) < 4.78 is 32.2. The van der Waals surface area contributed by atoms with E-state index in [0.717, 1.165) is 0 Å². The van der Waals surface area contributed by atoms with Gasteiger partial charge in [0.25, 0.3) is 0 Å². The van der Waals surface area contributed by atoms with Crippen LogP contribution in [-0.4, -0.2) is 34.0 Å². The molecule has 4 nitrogen and oxygen atoms in total. The second kappa shape index (κ2) is 6.15. The molecular weight excluding hydrogens is 334 g/mol. The van der Waals surface area contributed by atoms with Crippen molar-refractivity contribution >= 4 is 21.4 Å². The second-order valence-corrected chi connectivity index (χ2v) is 8.39. The van der Waals surface area contributed by atoms with Gasteiger partial charge in [-0.05, 0) is 57.4 Å². The minimum absolute atomic E-state index is 0.232. The summed E-state index contributed by atoms with van der Waals surface area (Å²) in [4.78, 5) is 2.20. The standard InChI is InChI=1S/C17H18ClNO3S/c1-19(2)10-9-16-13-11-12(18)7-8-14(13)22-15-5-3-4-6-17(15)23(16,20)21/h3-8,11,16H,9-10H2,1-2H3. The van der Waals surface area contributed by atoms with Crippen LogP contribution in [0.25, 0.3) is 0 Å². The zero-order valence-corrected chi connectivity index (χ0v) is 14.6. The lowest BCUT2D eigenvalue weighted by Gasteiger charge is -2.19. The molecule has 0 aromatic heterocycles. The summed E-state index contributed by atoms with van der Waals surface area (Å²) >= 11 is 6.10. The maximum Gasteiger partial charge on any atom is 0.189 e. The predicted octanol–water partition coefficient (Wildman–Crippen LogP) is 3.91. The molecule has 0 bridgehead atoms. The Kier molecular flexibility index (Phi) is 4.36. The van der Waals surface area contributed by atoms with Crippen molar-refractivity contribution in [2.45, 2.75) is 16.6 Å². The Hall–Kier alpha value is -1.56. The summed E-state index contributed by atoms with van der Waals surface area (Å²) in [5.41, 5.74) is 0.621. The first kappa shape index (κ1) is 16.3. The first-order chi connectivity index (χ1) is 10.9. The van der Waals surface area contributed by atoms with Gasteiger partial charge in [-0.25, -0.2) is 8.42 Å². The van der Waals surface area contributed by atoms with E-state index in [1.807, 2.05) is 19.0 Å². The highest BCUT2D eigenvalue weighted by molar-refractivity contribution is 7.91. The van der Waals surface area contributed by atoms with Gasteiger partial charge in [0.15, 0.2) is 9.84 Å². The normalized spacial score (nSPS) is 18.7. The van der Waals surface area contributed by atoms with Gasteiger partial charge in [0.2, 0.25) is 0 Å². The van der Waals surface area contributed by atoms with E-state index in [1.165, 1.54) is 0 Å². The Balaban J connectivity index is 2.20. The Morgan fingerprint density at radius 3 is 2.61 bits per heavy atom. The number of nitrogens with zero attached hydrogens (tertiary/aromatic N) is 1. The topological polar surface area (TPSA) is 46.6 Å². The van der Waals surface area contributed by atoms with Crippen molar-refractivity contribution in [1.82, 2.24) is 4.90 Å². The van der Waals surface area contributed by atoms with Crippen molar-refractivity contribution in [3.8, 4) is 11.5 Å². The summed E-state index contributed by atoms with van der Waals surface area (Å²) in [5, 5.41) is -0.175. The first-order valence-corrected chi connectivity index (χ1v) is 9.27. The van der Waals surface area contributed by atoms with Gasteiger partial charge in [-0.15, -0.1) is 0 Å². The largest absolute Gasteiger partial charge is 0.456 e. The first-order valence-electron chi connectivity index (χ1n) is 7.34. The van der Waals surface area contributed by atoms with Crippen molar-refractivity contribution in [2.24, 2.45) is 0 Å². The van der Waals surface area contributed by atoms with Gasteiger partial charge < -0.3 is 9.64 Å². The molecule has 1 atom stereocenters. The van der Waals surface area contributed by atoms with E-state index in [0.29, 0.717) is 35.1 Å². The highest BCUT2D eigenvalue weighted by atomic mass is 35.5. The molecule has 0 N–H and O–H groups in total. The molecule has 122 valence electrons. The Morgan fingerprint density at radius 1 is 1.13 bits per heavy atom. The molecule has 0 saturated carbocycles. The second-order valence-electron chi connectivity index (χ2n) is 5.86. The van der Waals surface area contributed by atoms with E-state index in [-0.39, 0.29) is 4.90 Å². The van der Waals surface area contributed by atoms with E-state index in [1.54, 1.807) is 42.5 Å². The molecule has 1 heterocycles. The molecule has 2 aromatic rings. The molecular formula is C17H18ClNO3S. The number of benzene rings is 2. The highest BCUT2D eigenvalue weighted by Crippen LogP contribution is 2.46. The molecule has 0 saturated heterocycles. The van der Waals surface area contributed by atoms with Crippen LogP contribution in [0.15, 0.2) is 47.4 Å². The van der Waals surface area contributed by atoms with E-state index in [4.69, 9.17) is 16.3 Å². The average molecular weight is 352 g/mol. The minimum atomic E-state index is -3.56. The summed E-state index contributed by atoms with van der Waals surface area (Å²) in [6.07, 6.45) is 0.473. The van der Waals surface area contributed by atoms with Gasteiger partial charge >= 0.3 is 0 Å². The van der Waals surface area contributed by atoms with Crippen molar-refractivity contribution in [3.63, 3.8) is 0 Å². The third-order valence-electron chi connectivity index (χ3n) is 3.91. The smallest absolute Gasteiger partial charge is 0.189 e. The van der Waals surface area contributed by atoms with Crippen molar-refractivity contribution < 1.29 is 13.2 Å². The van der Waals surface area contributed by atoms with Crippen LogP contribution in [0.3, 0.4) is 0 Å². The van der Waals surface area contributed by atoms with Crippen LogP contribution >= 0.6 is 11.6 Å². The molecule has 0 radical (unpaired) electrons. The molecule has 1 aliphatic rings. The fourth-order valence-electron chi connectivity index (χ4n) is 2.76. The van der Waals surface area contributed by atoms with Gasteiger partial charge in [-0.1, -0.05) is 23.7 Å². The molecule has 23 heavy (non-hydrogen) atoms. The summed E-state index contributed by atoms with van der Waals surface area (Å²) in [6.45, 7) is 0.651. The molecule has 2 aromatic carbocycles. The fourth-order valence-corrected chi connectivity index (χ4v) is 4.84. The van der Waals surface area contributed by atoms with E-state index >= 15 is 0 Å². The molecule has 1 unspecified atom stereocenters. The average Bonchev–Trinajstić information content (AvgIpc) is 2.58. The van der Waals surface area contributed by atoms with E-state index < -0.39 is 15.1 Å². The van der Waals surface area contributed by atoms with Gasteiger partial charge in [-0.2, -0.15) is 0 Å². The lowest BCUT2D eigenvalue weighted by molar-refractivity contribution is 0.394. The summed E-state index contributed by atoms with van der Waals surface area (Å²) in [5.74, 6) is 0.912. The molecule has 3 rings (SSSR count). The minimum Gasteiger partial charge on any atom is -0.456 e. The zero-order valence-electron chi connectivity index (χ0n) is 13.0. The maximum atomic E-state index is 13.2. The molecule has 0 aliphatic carbocycles. The Bertz CT molecular complexity index is 833. The summed E-state index contributed by atoms with van der Waals surface area (Å²) in [6, 6.07) is 11.9. The molecule has 0 fully saturated rings.